The van der Waals surface area contributed by atoms with Crippen molar-refractivity contribution >= 4 is 21.9 Å². The van der Waals surface area contributed by atoms with Crippen molar-refractivity contribution in [2.24, 2.45) is 0 Å². The zero-order valence-electron chi connectivity index (χ0n) is 8.74. The fourth-order valence-corrected chi connectivity index (χ4v) is 2.65. The second-order valence-corrected chi connectivity index (χ2v) is 5.30. The maximum Gasteiger partial charge on any atom is 0.306 e. The molecule has 0 radical (unpaired) electrons. The molecule has 0 saturated carbocycles. The zero-order chi connectivity index (χ0) is 11.8. The van der Waals surface area contributed by atoms with E-state index in [-0.39, 0.29) is 6.42 Å². The molecular weight excluding hydrogens is 272 g/mol. The predicted octanol–water partition coefficient (Wildman–Crippen LogP) is 2.14. The number of hydrogen-bond acceptors (Lipinski definition) is 2. The maximum absolute atomic E-state index is 10.7. The summed E-state index contributed by atoms with van der Waals surface area (Å²) in [4.78, 5) is 10.7. The van der Waals surface area contributed by atoms with Crippen molar-refractivity contribution in [2.75, 3.05) is 0 Å². The molecule has 0 bridgehead atoms. The Bertz CT molecular complexity index is 430. The van der Waals surface area contributed by atoms with Gasteiger partial charge < -0.3 is 10.2 Å². The summed E-state index contributed by atoms with van der Waals surface area (Å²) < 4.78 is 0.964. The van der Waals surface area contributed by atoms with Gasteiger partial charge in [0.25, 0.3) is 0 Å². The number of carbonyl (C=O) groups is 1. The second-order valence-electron chi connectivity index (χ2n) is 4.38. The van der Waals surface area contributed by atoms with Crippen molar-refractivity contribution in [3.63, 3.8) is 0 Å². The summed E-state index contributed by atoms with van der Waals surface area (Å²) in [5.41, 5.74) is 1.17. The first-order valence-corrected chi connectivity index (χ1v) is 5.99. The lowest BCUT2D eigenvalue weighted by atomic mass is 9.79. The molecule has 1 unspecified atom stereocenters. The predicted molar refractivity (Wildman–Crippen MR) is 63.4 cm³/mol. The number of carboxylic acid groups (broad SMARTS) is 1. The monoisotopic (exact) mass is 284 g/mol. The highest BCUT2D eigenvalue weighted by atomic mass is 79.9. The summed E-state index contributed by atoms with van der Waals surface area (Å²) in [6.45, 7) is 0. The lowest BCUT2D eigenvalue weighted by Crippen LogP contribution is -2.38. The van der Waals surface area contributed by atoms with Gasteiger partial charge in [0.2, 0.25) is 0 Å². The number of rotatable bonds is 2. The van der Waals surface area contributed by atoms with Gasteiger partial charge in [0, 0.05) is 10.9 Å². The summed E-state index contributed by atoms with van der Waals surface area (Å²) in [6, 6.07) is 5.96. The van der Waals surface area contributed by atoms with Gasteiger partial charge in [-0.15, -0.1) is 0 Å². The molecule has 0 aliphatic heterocycles. The summed E-state index contributed by atoms with van der Waals surface area (Å²) in [7, 11) is 0. The van der Waals surface area contributed by atoms with Crippen LogP contribution in [0.4, 0.5) is 0 Å². The van der Waals surface area contributed by atoms with Crippen LogP contribution in [0.15, 0.2) is 22.7 Å². The summed E-state index contributed by atoms with van der Waals surface area (Å²) in [6.07, 6.45) is 1.51. The molecule has 1 aliphatic rings. The van der Waals surface area contributed by atoms with E-state index in [1.54, 1.807) is 0 Å². The van der Waals surface area contributed by atoms with E-state index in [9.17, 15) is 9.90 Å². The van der Waals surface area contributed by atoms with E-state index in [0.29, 0.717) is 12.8 Å². The molecule has 86 valence electrons. The highest BCUT2D eigenvalue weighted by molar-refractivity contribution is 9.10. The summed E-state index contributed by atoms with van der Waals surface area (Å²) >= 11 is 3.38. The molecular formula is C12H13BrO3. The van der Waals surface area contributed by atoms with Gasteiger partial charge in [-0.3, -0.25) is 4.79 Å². The van der Waals surface area contributed by atoms with Crippen molar-refractivity contribution in [3.05, 3.63) is 33.8 Å². The number of aliphatic carboxylic acids is 1. The Kier molecular flexibility index (Phi) is 3.04. The van der Waals surface area contributed by atoms with Crippen LogP contribution in [0, 0.1) is 0 Å². The van der Waals surface area contributed by atoms with Gasteiger partial charge in [0.15, 0.2) is 0 Å². The lowest BCUT2D eigenvalue weighted by molar-refractivity contribution is -0.143. The van der Waals surface area contributed by atoms with Crippen LogP contribution >= 0.6 is 15.9 Å². The standard InChI is InChI=1S/C12H13BrO3/c13-10-2-1-8-3-4-12(16,7-11(14)15)6-9(8)5-10/h1-2,5,16H,3-4,6-7H2,(H,14,15). The molecule has 1 aromatic rings. The normalized spacial score (nSPS) is 23.9. The molecule has 0 spiro atoms. The van der Waals surface area contributed by atoms with Crippen LogP contribution in [-0.4, -0.2) is 21.8 Å². The summed E-state index contributed by atoms with van der Waals surface area (Å²) in [5, 5.41) is 18.9. The van der Waals surface area contributed by atoms with E-state index in [1.807, 2.05) is 18.2 Å². The fraction of sp³-hybridized carbons (Fsp3) is 0.417. The number of aliphatic hydroxyl groups is 1. The van der Waals surface area contributed by atoms with Crippen molar-refractivity contribution in [1.82, 2.24) is 0 Å². The van der Waals surface area contributed by atoms with Crippen LogP contribution in [0.2, 0.25) is 0 Å². The van der Waals surface area contributed by atoms with Gasteiger partial charge in [-0.05, 0) is 36.1 Å². The van der Waals surface area contributed by atoms with Crippen molar-refractivity contribution in [3.8, 4) is 0 Å². The highest BCUT2D eigenvalue weighted by Gasteiger charge is 2.34. The third-order valence-electron chi connectivity index (χ3n) is 3.03. The molecule has 0 fully saturated rings. The van der Waals surface area contributed by atoms with Gasteiger partial charge in [-0.1, -0.05) is 22.0 Å². The molecule has 0 saturated heterocycles. The van der Waals surface area contributed by atoms with E-state index in [2.05, 4.69) is 15.9 Å². The molecule has 2 rings (SSSR count). The number of halogens is 1. The summed E-state index contributed by atoms with van der Waals surface area (Å²) in [5.74, 6) is -0.944. The molecule has 0 heterocycles. The van der Waals surface area contributed by atoms with Gasteiger partial charge >= 0.3 is 5.97 Å². The fourth-order valence-electron chi connectivity index (χ4n) is 2.25. The Morgan fingerprint density at radius 2 is 2.19 bits per heavy atom. The number of fused-ring (bicyclic) bond motifs is 1. The first-order valence-electron chi connectivity index (χ1n) is 5.20. The van der Waals surface area contributed by atoms with Crippen molar-refractivity contribution in [1.29, 1.82) is 0 Å². The van der Waals surface area contributed by atoms with E-state index in [4.69, 9.17) is 5.11 Å². The van der Waals surface area contributed by atoms with E-state index >= 15 is 0 Å². The van der Waals surface area contributed by atoms with E-state index < -0.39 is 11.6 Å². The molecule has 1 aromatic carbocycles. The van der Waals surface area contributed by atoms with Crippen LogP contribution in [0.3, 0.4) is 0 Å². The highest BCUT2D eigenvalue weighted by Crippen LogP contribution is 2.32. The molecule has 16 heavy (non-hydrogen) atoms. The van der Waals surface area contributed by atoms with Crippen molar-refractivity contribution < 1.29 is 15.0 Å². The smallest absolute Gasteiger partial charge is 0.306 e. The van der Waals surface area contributed by atoms with E-state index in [0.717, 1.165) is 16.5 Å². The van der Waals surface area contributed by atoms with Crippen LogP contribution in [-0.2, 0) is 17.6 Å². The molecule has 3 nitrogen and oxygen atoms in total. The molecule has 4 heteroatoms. The minimum Gasteiger partial charge on any atom is -0.481 e. The average molecular weight is 285 g/mol. The largest absolute Gasteiger partial charge is 0.481 e. The molecule has 2 N–H and O–H groups in total. The number of carboxylic acids is 1. The Labute approximate surface area is 102 Å². The Morgan fingerprint density at radius 1 is 1.44 bits per heavy atom. The van der Waals surface area contributed by atoms with E-state index in [1.165, 1.54) is 5.56 Å². The molecule has 1 atom stereocenters. The van der Waals surface area contributed by atoms with Crippen LogP contribution in [0.25, 0.3) is 0 Å². The number of hydrogen-bond donors (Lipinski definition) is 2. The van der Waals surface area contributed by atoms with Gasteiger partial charge in [-0.25, -0.2) is 0 Å². The minimum absolute atomic E-state index is 0.182. The first kappa shape index (κ1) is 11.6. The second kappa shape index (κ2) is 4.18. The van der Waals surface area contributed by atoms with Crippen LogP contribution in [0.5, 0.6) is 0 Å². The first-order chi connectivity index (χ1) is 7.48. The van der Waals surface area contributed by atoms with Gasteiger partial charge in [0.1, 0.15) is 0 Å². The van der Waals surface area contributed by atoms with Crippen molar-refractivity contribution in [2.45, 2.75) is 31.3 Å². The molecule has 0 aromatic heterocycles. The Morgan fingerprint density at radius 3 is 2.88 bits per heavy atom. The zero-order valence-corrected chi connectivity index (χ0v) is 10.3. The Balaban J connectivity index is 2.25. The van der Waals surface area contributed by atoms with Crippen LogP contribution < -0.4 is 0 Å². The number of benzene rings is 1. The molecule has 0 amide bonds. The van der Waals surface area contributed by atoms with Gasteiger partial charge in [-0.2, -0.15) is 0 Å². The average Bonchev–Trinajstić information content (AvgIpc) is 2.14. The Hall–Kier alpha value is -0.870. The minimum atomic E-state index is -1.08. The topological polar surface area (TPSA) is 57.5 Å². The third-order valence-corrected chi connectivity index (χ3v) is 3.52. The number of aryl methyl sites for hydroxylation is 1. The van der Waals surface area contributed by atoms with Gasteiger partial charge in [0.05, 0.1) is 12.0 Å². The quantitative estimate of drug-likeness (QED) is 0.875. The third kappa shape index (κ3) is 2.44. The maximum atomic E-state index is 10.7. The van der Waals surface area contributed by atoms with Crippen LogP contribution in [0.1, 0.15) is 24.0 Å². The lowest BCUT2D eigenvalue weighted by Gasteiger charge is -2.32. The SMILES string of the molecule is O=C(O)CC1(O)CCc2ccc(Br)cc2C1. The molecule has 1 aliphatic carbocycles.